The van der Waals surface area contributed by atoms with Crippen LogP contribution in [0.15, 0.2) is 42.7 Å². The first-order chi connectivity index (χ1) is 10.1. The molecule has 1 unspecified atom stereocenters. The number of aromatic nitrogens is 2. The van der Waals surface area contributed by atoms with Gasteiger partial charge in [0.1, 0.15) is 0 Å². The number of rotatable bonds is 8. The van der Waals surface area contributed by atoms with Gasteiger partial charge in [-0.3, -0.25) is 4.68 Å². The molecule has 0 aliphatic carbocycles. The van der Waals surface area contributed by atoms with Crippen LogP contribution >= 0.6 is 11.8 Å². The van der Waals surface area contributed by atoms with Crippen LogP contribution in [-0.4, -0.2) is 27.3 Å². The Labute approximate surface area is 132 Å². The highest BCUT2D eigenvalue weighted by molar-refractivity contribution is 7.99. The van der Waals surface area contributed by atoms with E-state index in [0.717, 1.165) is 18.2 Å². The molecule has 0 aliphatic rings. The lowest BCUT2D eigenvalue weighted by Gasteiger charge is -2.16. The minimum absolute atomic E-state index is 0.480. The third-order valence-corrected chi connectivity index (χ3v) is 4.70. The van der Waals surface area contributed by atoms with Crippen LogP contribution in [-0.2, 0) is 6.54 Å². The first kappa shape index (κ1) is 16.0. The Balaban J connectivity index is 1.85. The smallest absolute Gasteiger partial charge is 0.0660 e. The van der Waals surface area contributed by atoms with Gasteiger partial charge >= 0.3 is 0 Å². The van der Waals surface area contributed by atoms with E-state index in [2.05, 4.69) is 55.5 Å². The fourth-order valence-electron chi connectivity index (χ4n) is 2.15. The Morgan fingerprint density at radius 2 is 2.05 bits per heavy atom. The van der Waals surface area contributed by atoms with E-state index in [9.17, 15) is 0 Å². The Hall–Kier alpha value is -1.42. The highest BCUT2D eigenvalue weighted by Crippen LogP contribution is 2.15. The van der Waals surface area contributed by atoms with Gasteiger partial charge in [0.15, 0.2) is 0 Å². The third kappa shape index (κ3) is 5.84. The molecule has 0 radical (unpaired) electrons. The monoisotopic (exact) mass is 303 g/mol. The zero-order valence-electron chi connectivity index (χ0n) is 13.1. The van der Waals surface area contributed by atoms with Crippen LogP contribution < -0.4 is 5.32 Å². The van der Waals surface area contributed by atoms with Gasteiger partial charge in [0.2, 0.25) is 0 Å². The number of anilines is 1. The van der Waals surface area contributed by atoms with Crippen LogP contribution in [0.2, 0.25) is 0 Å². The standard InChI is InChI=1S/C17H25N3S/c1-14(2)12-21-13-15(3)19-17-7-4-6-16(10-17)11-20-9-5-8-18-20/h4-10,14-15,19H,11-13H2,1-3H3. The number of hydrogen-bond acceptors (Lipinski definition) is 3. The molecule has 0 saturated carbocycles. The maximum absolute atomic E-state index is 4.25. The van der Waals surface area contributed by atoms with Crippen molar-refractivity contribution >= 4 is 17.4 Å². The first-order valence-electron chi connectivity index (χ1n) is 7.54. The summed E-state index contributed by atoms with van der Waals surface area (Å²) < 4.78 is 1.95. The van der Waals surface area contributed by atoms with E-state index in [0.29, 0.717) is 6.04 Å². The summed E-state index contributed by atoms with van der Waals surface area (Å²) in [6.45, 7) is 7.60. The van der Waals surface area contributed by atoms with E-state index in [1.54, 1.807) is 0 Å². The van der Waals surface area contributed by atoms with Crippen LogP contribution in [0.1, 0.15) is 26.3 Å². The number of thioether (sulfide) groups is 1. The molecule has 0 aliphatic heterocycles. The average Bonchev–Trinajstić information content (AvgIpc) is 2.91. The summed E-state index contributed by atoms with van der Waals surface area (Å²) in [4.78, 5) is 0. The maximum Gasteiger partial charge on any atom is 0.0660 e. The van der Waals surface area contributed by atoms with Gasteiger partial charge in [0, 0.05) is 29.9 Å². The second-order valence-electron chi connectivity index (χ2n) is 5.88. The van der Waals surface area contributed by atoms with Crippen molar-refractivity contribution < 1.29 is 0 Å². The lowest BCUT2D eigenvalue weighted by Crippen LogP contribution is -2.18. The van der Waals surface area contributed by atoms with Crippen molar-refractivity contribution in [3.8, 4) is 0 Å². The molecule has 1 atom stereocenters. The zero-order chi connectivity index (χ0) is 15.1. The summed E-state index contributed by atoms with van der Waals surface area (Å²) in [6.07, 6.45) is 3.81. The van der Waals surface area contributed by atoms with E-state index in [-0.39, 0.29) is 0 Å². The van der Waals surface area contributed by atoms with Gasteiger partial charge in [-0.2, -0.15) is 16.9 Å². The molecule has 0 bridgehead atoms. The van der Waals surface area contributed by atoms with Crippen LogP contribution in [0.25, 0.3) is 0 Å². The highest BCUT2D eigenvalue weighted by Gasteiger charge is 2.04. The predicted molar refractivity (Wildman–Crippen MR) is 93.0 cm³/mol. The molecular weight excluding hydrogens is 278 g/mol. The van der Waals surface area contributed by atoms with E-state index >= 15 is 0 Å². The quantitative estimate of drug-likeness (QED) is 0.795. The number of hydrogen-bond donors (Lipinski definition) is 1. The van der Waals surface area contributed by atoms with Crippen molar-refractivity contribution in [3.63, 3.8) is 0 Å². The van der Waals surface area contributed by atoms with Crippen molar-refractivity contribution in [2.24, 2.45) is 5.92 Å². The Morgan fingerprint density at radius 1 is 1.19 bits per heavy atom. The van der Waals surface area contributed by atoms with E-state index in [1.807, 2.05) is 34.9 Å². The summed E-state index contributed by atoms with van der Waals surface area (Å²) in [5, 5.41) is 7.84. The topological polar surface area (TPSA) is 29.9 Å². The molecule has 1 aromatic heterocycles. The van der Waals surface area contributed by atoms with Crippen molar-refractivity contribution in [2.75, 3.05) is 16.8 Å². The number of nitrogens with one attached hydrogen (secondary N) is 1. The molecule has 3 nitrogen and oxygen atoms in total. The van der Waals surface area contributed by atoms with E-state index in [1.165, 1.54) is 17.0 Å². The Bertz CT molecular complexity index is 523. The summed E-state index contributed by atoms with van der Waals surface area (Å²) in [6, 6.07) is 11.0. The minimum Gasteiger partial charge on any atom is -0.382 e. The molecule has 1 heterocycles. The van der Waals surface area contributed by atoms with Gasteiger partial charge in [0.25, 0.3) is 0 Å². The summed E-state index contributed by atoms with van der Waals surface area (Å²) in [5.74, 6) is 3.13. The molecule has 0 amide bonds. The highest BCUT2D eigenvalue weighted by atomic mass is 32.2. The molecule has 0 fully saturated rings. The van der Waals surface area contributed by atoms with Crippen molar-refractivity contribution in [3.05, 3.63) is 48.3 Å². The lowest BCUT2D eigenvalue weighted by atomic mass is 10.2. The normalized spacial score (nSPS) is 12.6. The average molecular weight is 303 g/mol. The SMILES string of the molecule is CC(C)CSCC(C)Nc1cccc(Cn2cccn2)c1. The second-order valence-corrected chi connectivity index (χ2v) is 6.96. The molecule has 2 rings (SSSR count). The van der Waals surface area contributed by atoms with Crippen molar-refractivity contribution in [1.82, 2.24) is 9.78 Å². The van der Waals surface area contributed by atoms with Gasteiger partial charge in [-0.05, 0) is 42.4 Å². The third-order valence-electron chi connectivity index (χ3n) is 3.06. The van der Waals surface area contributed by atoms with E-state index < -0.39 is 0 Å². The van der Waals surface area contributed by atoms with Gasteiger partial charge in [-0.15, -0.1) is 0 Å². The number of nitrogens with zero attached hydrogens (tertiary/aromatic N) is 2. The lowest BCUT2D eigenvalue weighted by molar-refractivity contribution is 0.687. The van der Waals surface area contributed by atoms with Gasteiger partial charge in [0.05, 0.1) is 6.54 Å². The van der Waals surface area contributed by atoms with Crippen molar-refractivity contribution in [2.45, 2.75) is 33.4 Å². The molecule has 1 N–H and O–H groups in total. The molecular formula is C17H25N3S. The van der Waals surface area contributed by atoms with Gasteiger partial charge in [-0.1, -0.05) is 26.0 Å². The Morgan fingerprint density at radius 3 is 2.76 bits per heavy atom. The molecule has 2 aromatic rings. The van der Waals surface area contributed by atoms with Gasteiger partial charge < -0.3 is 5.32 Å². The zero-order valence-corrected chi connectivity index (χ0v) is 13.9. The molecule has 1 aromatic carbocycles. The van der Waals surface area contributed by atoms with Crippen LogP contribution in [0, 0.1) is 5.92 Å². The molecule has 4 heteroatoms. The Kier molecular flexibility index (Phi) is 6.18. The van der Waals surface area contributed by atoms with Crippen LogP contribution in [0.4, 0.5) is 5.69 Å². The fourth-order valence-corrected chi connectivity index (χ4v) is 3.19. The fraction of sp³-hybridized carbons (Fsp3) is 0.471. The molecule has 0 saturated heterocycles. The predicted octanol–water partition coefficient (Wildman–Crippen LogP) is 4.12. The van der Waals surface area contributed by atoms with Crippen LogP contribution in [0.5, 0.6) is 0 Å². The minimum atomic E-state index is 0.480. The second kappa shape index (κ2) is 8.13. The maximum atomic E-state index is 4.25. The molecule has 21 heavy (non-hydrogen) atoms. The summed E-state index contributed by atoms with van der Waals surface area (Å²) >= 11 is 2.02. The number of benzene rings is 1. The van der Waals surface area contributed by atoms with E-state index in [4.69, 9.17) is 0 Å². The van der Waals surface area contributed by atoms with Gasteiger partial charge in [-0.25, -0.2) is 0 Å². The summed E-state index contributed by atoms with van der Waals surface area (Å²) in [7, 11) is 0. The first-order valence-corrected chi connectivity index (χ1v) is 8.69. The summed E-state index contributed by atoms with van der Waals surface area (Å²) in [5.41, 5.74) is 2.46. The largest absolute Gasteiger partial charge is 0.382 e. The van der Waals surface area contributed by atoms with Crippen molar-refractivity contribution in [1.29, 1.82) is 0 Å². The van der Waals surface area contributed by atoms with Crippen LogP contribution in [0.3, 0.4) is 0 Å². The molecule has 0 spiro atoms. The molecule has 114 valence electrons.